The van der Waals surface area contributed by atoms with Gasteiger partial charge >= 0.3 is 19.8 Å². The number of hydrogen-bond acceptors (Lipinski definition) is 1. The van der Waals surface area contributed by atoms with Crippen LogP contribution in [0.25, 0.3) is 0 Å². The molecule has 0 aliphatic carbocycles. The quantitative estimate of drug-likeness (QED) is 0.340. The summed E-state index contributed by atoms with van der Waals surface area (Å²) in [6, 6.07) is 0. The second-order valence-corrected chi connectivity index (χ2v) is 0.577. The molecule has 0 saturated heterocycles. The molecule has 0 aromatic heterocycles. The molecule has 0 heterocycles. The zero-order valence-corrected chi connectivity index (χ0v) is 4.54. The van der Waals surface area contributed by atoms with Crippen LogP contribution in [0.3, 0.4) is 0 Å². The van der Waals surface area contributed by atoms with Gasteiger partial charge in [0.1, 0.15) is 0 Å². The summed E-state index contributed by atoms with van der Waals surface area (Å²) in [5.41, 5.74) is 0. The molecule has 0 aromatic rings. The summed E-state index contributed by atoms with van der Waals surface area (Å²) >= 11 is 1.69. The molecule has 1 nitrogen and oxygen atoms in total. The van der Waals surface area contributed by atoms with Crippen molar-refractivity contribution in [1.82, 2.24) is 0 Å². The van der Waals surface area contributed by atoms with Gasteiger partial charge < -0.3 is 6.42 Å². The van der Waals surface area contributed by atoms with Gasteiger partial charge in [0.25, 0.3) is 0 Å². The predicted molar refractivity (Wildman–Crippen MR) is 16.3 cm³/mol. The molecular weight excluding hydrogens is 107 g/mol. The van der Waals surface area contributed by atoms with Crippen molar-refractivity contribution >= 4 is 0 Å². The molecule has 0 atom stereocenters. The molecule has 33 valence electrons. The van der Waals surface area contributed by atoms with Crippen molar-refractivity contribution in [2.24, 2.45) is 0 Å². The van der Waals surface area contributed by atoms with Crippen LogP contribution in [0, 0.1) is 6.42 Å². The van der Waals surface area contributed by atoms with Crippen molar-refractivity contribution in [2.75, 3.05) is 0 Å². The fourth-order valence-corrected chi connectivity index (χ4v) is 0. The van der Waals surface area contributed by atoms with Crippen LogP contribution in [0.15, 0.2) is 0 Å². The monoisotopic (exact) mass is 114 g/mol. The van der Waals surface area contributed by atoms with E-state index < -0.39 is 0 Å². The van der Waals surface area contributed by atoms with Crippen LogP contribution in [-0.2, 0) is 19.8 Å². The van der Waals surface area contributed by atoms with E-state index in [-0.39, 0.29) is 0 Å². The molecule has 0 saturated carbocycles. The molecular formula is C3H7MnO-. The normalized spacial score (nSPS) is 4.40. The van der Waals surface area contributed by atoms with Crippen LogP contribution < -0.4 is 0 Å². The second-order valence-electron chi connectivity index (χ2n) is 0.577. The molecule has 0 aliphatic heterocycles. The summed E-state index contributed by atoms with van der Waals surface area (Å²) in [4.78, 5) is 0. The van der Waals surface area contributed by atoms with Crippen LogP contribution in [0.1, 0.15) is 13.8 Å². The summed E-state index contributed by atoms with van der Waals surface area (Å²) in [5.74, 6) is 0. The van der Waals surface area contributed by atoms with Gasteiger partial charge in [0.05, 0.1) is 0 Å². The Balaban J connectivity index is 0. The average Bonchev–Trinajstić information content (AvgIpc) is 1.46. The van der Waals surface area contributed by atoms with E-state index >= 15 is 0 Å². The number of hydrogen-bond donors (Lipinski definition) is 0. The van der Waals surface area contributed by atoms with Crippen molar-refractivity contribution in [1.29, 1.82) is 0 Å². The van der Waals surface area contributed by atoms with Gasteiger partial charge in [-0.05, 0) is 0 Å². The first-order valence-corrected chi connectivity index (χ1v) is 1.79. The van der Waals surface area contributed by atoms with E-state index in [2.05, 4.69) is 0 Å². The molecule has 0 aliphatic rings. The Bertz CT molecular complexity index is 10.9. The molecule has 0 radical (unpaired) electrons. The van der Waals surface area contributed by atoms with Crippen molar-refractivity contribution in [3.05, 3.63) is 6.42 Å². The van der Waals surface area contributed by atoms with Gasteiger partial charge in [-0.2, -0.15) is 13.8 Å². The van der Waals surface area contributed by atoms with Crippen molar-refractivity contribution in [2.45, 2.75) is 13.8 Å². The molecule has 0 aromatic carbocycles. The van der Waals surface area contributed by atoms with Gasteiger partial charge in [0.15, 0.2) is 0 Å². The molecule has 5 heavy (non-hydrogen) atoms. The Morgan fingerprint density at radius 2 is 1.40 bits per heavy atom. The van der Waals surface area contributed by atoms with Gasteiger partial charge in [0.2, 0.25) is 0 Å². The van der Waals surface area contributed by atoms with E-state index in [0.29, 0.717) is 0 Å². The summed E-state index contributed by atoms with van der Waals surface area (Å²) < 4.78 is 8.06. The van der Waals surface area contributed by atoms with Gasteiger partial charge in [-0.25, -0.2) is 0 Å². The molecule has 0 fully saturated rings. The Morgan fingerprint density at radius 1 is 1.40 bits per heavy atom. The minimum atomic E-state index is 1.69. The zero-order valence-electron chi connectivity index (χ0n) is 3.36. The molecule has 0 amide bonds. The Labute approximate surface area is 40.8 Å². The Hall–Kier alpha value is 0.319. The molecule has 0 N–H and O–H groups in total. The van der Waals surface area contributed by atoms with Crippen LogP contribution >= 0.6 is 0 Å². The topological polar surface area (TPSA) is 17.1 Å². The molecule has 0 bridgehead atoms. The summed E-state index contributed by atoms with van der Waals surface area (Å²) in [6.45, 7) is 4.00. The maximum atomic E-state index is 8.06. The first-order chi connectivity index (χ1) is 2.41. The zero-order chi connectivity index (χ0) is 4.71. The van der Waals surface area contributed by atoms with E-state index in [4.69, 9.17) is 3.83 Å². The summed E-state index contributed by atoms with van der Waals surface area (Å²) in [6.07, 6.45) is 2.00. The van der Waals surface area contributed by atoms with Crippen LogP contribution in [0.4, 0.5) is 0 Å². The predicted octanol–water partition coefficient (Wildman–Crippen LogP) is 1.11. The van der Waals surface area contributed by atoms with Crippen LogP contribution in [-0.4, -0.2) is 0 Å². The first kappa shape index (κ1) is 9.01. The molecule has 2 heteroatoms. The molecule has 0 spiro atoms. The van der Waals surface area contributed by atoms with Gasteiger partial charge in [0, 0.05) is 0 Å². The summed E-state index contributed by atoms with van der Waals surface area (Å²) in [7, 11) is 0. The van der Waals surface area contributed by atoms with Gasteiger partial charge in [-0.3, -0.25) is 0 Å². The summed E-state index contributed by atoms with van der Waals surface area (Å²) in [5, 5.41) is 0. The second kappa shape index (κ2) is 27.3. The first-order valence-electron chi connectivity index (χ1n) is 1.31. The van der Waals surface area contributed by atoms with E-state index in [1.807, 2.05) is 20.3 Å². The van der Waals surface area contributed by atoms with Crippen LogP contribution in [0.2, 0.25) is 0 Å². The van der Waals surface area contributed by atoms with E-state index in [1.165, 1.54) is 0 Å². The van der Waals surface area contributed by atoms with Crippen molar-refractivity contribution in [3.8, 4) is 0 Å². The van der Waals surface area contributed by atoms with E-state index in [1.54, 1.807) is 15.9 Å². The third-order valence-electron chi connectivity index (χ3n) is 0. The standard InChI is InChI=1S/C3H7.Mn.O/c1-3-2;;/h3H,1-2H3;;/q-1;;. The van der Waals surface area contributed by atoms with Crippen molar-refractivity contribution in [3.63, 3.8) is 0 Å². The molecule has 0 rings (SSSR count). The third-order valence-corrected chi connectivity index (χ3v) is 0. The molecule has 0 unspecified atom stereocenters. The van der Waals surface area contributed by atoms with Crippen molar-refractivity contribution < 1.29 is 19.8 Å². The van der Waals surface area contributed by atoms with Crippen LogP contribution in [0.5, 0.6) is 0 Å². The fraction of sp³-hybridized carbons (Fsp3) is 0.667. The minimum absolute atomic E-state index is 1.69. The number of rotatable bonds is 0. The van der Waals surface area contributed by atoms with E-state index in [0.717, 1.165) is 0 Å². The Morgan fingerprint density at radius 3 is 1.40 bits per heavy atom. The maximum absolute atomic E-state index is 8.06. The van der Waals surface area contributed by atoms with E-state index in [9.17, 15) is 0 Å². The average molecular weight is 114 g/mol. The SMILES string of the molecule is C[CH-]C.[O]=[Mn]. The van der Waals surface area contributed by atoms with Gasteiger partial charge in [-0.15, -0.1) is 0 Å². The fourth-order valence-electron chi connectivity index (χ4n) is 0. The van der Waals surface area contributed by atoms with Gasteiger partial charge in [-0.1, -0.05) is 0 Å². The third kappa shape index (κ3) is 228. The Kier molecular flexibility index (Phi) is 49.2.